The fourth-order valence-electron chi connectivity index (χ4n) is 3.07. The number of rotatable bonds is 2. The molecule has 2 aliphatic rings. The van der Waals surface area contributed by atoms with Crippen molar-refractivity contribution in [3.63, 3.8) is 0 Å². The van der Waals surface area contributed by atoms with E-state index in [-0.39, 0.29) is 23.1 Å². The monoisotopic (exact) mass is 337 g/mol. The first-order chi connectivity index (χ1) is 11.4. The van der Waals surface area contributed by atoms with Gasteiger partial charge in [0.05, 0.1) is 22.9 Å². The van der Waals surface area contributed by atoms with Crippen LogP contribution in [0.1, 0.15) is 30.4 Å². The van der Waals surface area contributed by atoms with E-state index in [1.807, 2.05) is 6.07 Å². The summed E-state index contributed by atoms with van der Waals surface area (Å²) in [6.45, 7) is 1.78. The first-order valence-electron chi connectivity index (χ1n) is 8.05. The first-order valence-corrected chi connectivity index (χ1v) is 8.05. The summed E-state index contributed by atoms with van der Waals surface area (Å²) < 4.78 is 39.9. The number of nitriles is 1. The van der Waals surface area contributed by atoms with Gasteiger partial charge in [0.15, 0.2) is 0 Å². The molecular weight excluding hydrogens is 319 g/mol. The molecule has 0 unspecified atom stereocenters. The van der Waals surface area contributed by atoms with Crippen LogP contribution in [-0.2, 0) is 11.0 Å². The van der Waals surface area contributed by atoms with Crippen molar-refractivity contribution >= 4 is 11.6 Å². The summed E-state index contributed by atoms with van der Waals surface area (Å²) >= 11 is 0. The van der Waals surface area contributed by atoms with E-state index in [9.17, 15) is 18.0 Å². The summed E-state index contributed by atoms with van der Waals surface area (Å²) in [6.07, 6.45) is -2.02. The molecular formula is C17H18F3N3O. The minimum absolute atomic E-state index is 0.0299. The lowest BCUT2D eigenvalue weighted by Crippen LogP contribution is -2.36. The number of anilines is 1. The third kappa shape index (κ3) is 3.48. The van der Waals surface area contributed by atoms with Crippen LogP contribution in [0.25, 0.3) is 0 Å². The Bertz CT molecular complexity index is 677. The number of alkyl halides is 3. The summed E-state index contributed by atoms with van der Waals surface area (Å²) in [7, 11) is 0. The van der Waals surface area contributed by atoms with Gasteiger partial charge in [0.1, 0.15) is 0 Å². The molecule has 3 rings (SSSR count). The first kappa shape index (κ1) is 16.6. The molecule has 1 aromatic carbocycles. The minimum atomic E-state index is -4.47. The lowest BCUT2D eigenvalue weighted by Gasteiger charge is -2.27. The normalized spacial score (nSPS) is 18.9. The zero-order valence-electron chi connectivity index (χ0n) is 13.1. The maximum Gasteiger partial charge on any atom is 0.418 e. The summed E-state index contributed by atoms with van der Waals surface area (Å²) in [5.74, 6) is 0.239. The van der Waals surface area contributed by atoms with Crippen LogP contribution in [-0.4, -0.2) is 37.0 Å². The average molecular weight is 337 g/mol. The Labute approximate surface area is 138 Å². The highest BCUT2D eigenvalue weighted by molar-refractivity contribution is 5.81. The Morgan fingerprint density at radius 1 is 1.17 bits per heavy atom. The van der Waals surface area contributed by atoms with E-state index in [2.05, 4.69) is 0 Å². The highest BCUT2D eigenvalue weighted by atomic mass is 19.4. The maximum absolute atomic E-state index is 13.3. The molecule has 1 aliphatic heterocycles. The predicted octanol–water partition coefficient (Wildman–Crippen LogP) is 3.03. The molecule has 128 valence electrons. The van der Waals surface area contributed by atoms with Gasteiger partial charge in [-0.15, -0.1) is 0 Å². The van der Waals surface area contributed by atoms with Gasteiger partial charge in [0, 0.05) is 32.1 Å². The topological polar surface area (TPSA) is 47.3 Å². The Hall–Kier alpha value is -2.23. The Balaban J connectivity index is 1.83. The summed E-state index contributed by atoms with van der Waals surface area (Å²) in [5.41, 5.74) is -0.501. The van der Waals surface area contributed by atoms with Crippen molar-refractivity contribution in [2.24, 2.45) is 5.92 Å². The molecule has 24 heavy (non-hydrogen) atoms. The molecule has 0 atom stereocenters. The van der Waals surface area contributed by atoms with Gasteiger partial charge in [-0.05, 0) is 37.5 Å². The molecule has 1 heterocycles. The van der Waals surface area contributed by atoms with Gasteiger partial charge in [-0.2, -0.15) is 18.4 Å². The van der Waals surface area contributed by atoms with Gasteiger partial charge >= 0.3 is 6.18 Å². The molecule has 2 fully saturated rings. The van der Waals surface area contributed by atoms with Crippen LogP contribution < -0.4 is 4.90 Å². The Morgan fingerprint density at radius 3 is 2.54 bits per heavy atom. The quantitative estimate of drug-likeness (QED) is 0.833. The molecule has 1 saturated heterocycles. The average Bonchev–Trinajstić information content (AvgIpc) is 3.39. The third-order valence-corrected chi connectivity index (χ3v) is 4.51. The van der Waals surface area contributed by atoms with E-state index in [1.165, 1.54) is 12.1 Å². The van der Waals surface area contributed by atoms with Crippen molar-refractivity contribution in [3.8, 4) is 6.07 Å². The van der Waals surface area contributed by atoms with Crippen LogP contribution in [0.3, 0.4) is 0 Å². The fourth-order valence-corrected chi connectivity index (χ4v) is 3.07. The third-order valence-electron chi connectivity index (χ3n) is 4.51. The van der Waals surface area contributed by atoms with E-state index < -0.39 is 11.7 Å². The second kappa shape index (κ2) is 6.34. The number of amides is 1. The van der Waals surface area contributed by atoms with Crippen LogP contribution in [0.4, 0.5) is 18.9 Å². The molecule has 7 heteroatoms. The van der Waals surface area contributed by atoms with Crippen LogP contribution in [0.2, 0.25) is 0 Å². The molecule has 1 amide bonds. The predicted molar refractivity (Wildman–Crippen MR) is 82.3 cm³/mol. The standard InChI is InChI=1S/C17H18F3N3O/c18-17(19,20)14-5-2-12(11-21)10-15(14)22-6-1-7-23(9-8-22)16(24)13-3-4-13/h2,5,10,13H,1,3-4,6-9H2. The SMILES string of the molecule is N#Cc1ccc(C(F)(F)F)c(N2CCCN(C(=O)C3CC3)CC2)c1. The Kier molecular flexibility index (Phi) is 4.39. The second-order valence-corrected chi connectivity index (χ2v) is 6.28. The number of halogens is 3. The highest BCUT2D eigenvalue weighted by Crippen LogP contribution is 2.38. The van der Waals surface area contributed by atoms with Crippen molar-refractivity contribution in [2.45, 2.75) is 25.4 Å². The number of hydrogen-bond acceptors (Lipinski definition) is 3. The summed E-state index contributed by atoms with van der Waals surface area (Å²) in [4.78, 5) is 15.6. The maximum atomic E-state index is 13.3. The van der Waals surface area contributed by atoms with Gasteiger partial charge in [-0.1, -0.05) is 0 Å². The molecule has 1 aromatic rings. The molecule has 0 radical (unpaired) electrons. The van der Waals surface area contributed by atoms with Crippen molar-refractivity contribution in [2.75, 3.05) is 31.1 Å². The molecule has 0 N–H and O–H groups in total. The number of benzene rings is 1. The Morgan fingerprint density at radius 2 is 1.92 bits per heavy atom. The smallest absolute Gasteiger partial charge is 0.369 e. The largest absolute Gasteiger partial charge is 0.418 e. The van der Waals surface area contributed by atoms with Crippen molar-refractivity contribution < 1.29 is 18.0 Å². The zero-order chi connectivity index (χ0) is 17.3. The number of carbonyl (C=O) groups excluding carboxylic acids is 1. The van der Waals surface area contributed by atoms with Crippen LogP contribution in [0.15, 0.2) is 18.2 Å². The molecule has 0 aromatic heterocycles. The molecule has 0 spiro atoms. The van der Waals surface area contributed by atoms with Crippen LogP contribution in [0.5, 0.6) is 0 Å². The second-order valence-electron chi connectivity index (χ2n) is 6.28. The number of nitrogens with zero attached hydrogens (tertiary/aromatic N) is 3. The number of carbonyl (C=O) groups is 1. The molecule has 1 saturated carbocycles. The van der Waals surface area contributed by atoms with E-state index in [4.69, 9.17) is 5.26 Å². The van der Waals surface area contributed by atoms with Crippen molar-refractivity contribution in [1.29, 1.82) is 5.26 Å². The number of hydrogen-bond donors (Lipinski definition) is 0. The van der Waals surface area contributed by atoms with E-state index >= 15 is 0 Å². The van der Waals surface area contributed by atoms with Gasteiger partial charge in [-0.3, -0.25) is 4.79 Å². The summed E-state index contributed by atoms with van der Waals surface area (Å²) in [5, 5.41) is 8.99. The lowest BCUT2D eigenvalue weighted by atomic mass is 10.1. The molecule has 1 aliphatic carbocycles. The van der Waals surface area contributed by atoms with E-state index in [0.717, 1.165) is 18.9 Å². The van der Waals surface area contributed by atoms with Crippen LogP contribution in [0, 0.1) is 17.2 Å². The zero-order valence-corrected chi connectivity index (χ0v) is 13.1. The minimum Gasteiger partial charge on any atom is -0.369 e. The molecule has 4 nitrogen and oxygen atoms in total. The fraction of sp³-hybridized carbons (Fsp3) is 0.529. The van der Waals surface area contributed by atoms with E-state index in [1.54, 1.807) is 9.80 Å². The van der Waals surface area contributed by atoms with Gasteiger partial charge < -0.3 is 9.80 Å². The van der Waals surface area contributed by atoms with Crippen molar-refractivity contribution in [3.05, 3.63) is 29.3 Å². The van der Waals surface area contributed by atoms with Gasteiger partial charge in [-0.25, -0.2) is 0 Å². The molecule has 0 bridgehead atoms. The summed E-state index contributed by atoms with van der Waals surface area (Å²) in [6, 6.07) is 5.34. The van der Waals surface area contributed by atoms with Gasteiger partial charge in [0.25, 0.3) is 0 Å². The van der Waals surface area contributed by atoms with E-state index in [0.29, 0.717) is 32.6 Å². The highest BCUT2D eigenvalue weighted by Gasteiger charge is 2.37. The van der Waals surface area contributed by atoms with Crippen LogP contribution >= 0.6 is 0 Å². The lowest BCUT2D eigenvalue weighted by molar-refractivity contribution is -0.137. The van der Waals surface area contributed by atoms with Gasteiger partial charge in [0.2, 0.25) is 5.91 Å². The van der Waals surface area contributed by atoms with Crippen molar-refractivity contribution in [1.82, 2.24) is 4.90 Å².